The number of ether oxygens (including phenoxy) is 1. The molecule has 1 aliphatic heterocycles. The third-order valence-electron chi connectivity index (χ3n) is 5.86. The fourth-order valence-electron chi connectivity index (χ4n) is 3.89. The Morgan fingerprint density at radius 2 is 1.86 bits per heavy atom. The Balaban J connectivity index is 1.61. The van der Waals surface area contributed by atoms with Gasteiger partial charge in [-0.3, -0.25) is 14.4 Å². The van der Waals surface area contributed by atoms with Crippen LogP contribution in [0.4, 0.5) is 0 Å². The van der Waals surface area contributed by atoms with Crippen molar-refractivity contribution in [1.82, 2.24) is 30.9 Å². The molecule has 3 N–H and O–H groups in total. The van der Waals surface area contributed by atoms with Gasteiger partial charge in [0.05, 0.1) is 19.3 Å². The monoisotopic (exact) mass is 522 g/mol. The highest BCUT2D eigenvalue weighted by molar-refractivity contribution is 7.98. The van der Waals surface area contributed by atoms with Gasteiger partial charge in [-0.05, 0) is 42.2 Å². The molecule has 0 aliphatic carbocycles. The van der Waals surface area contributed by atoms with Gasteiger partial charge in [-0.25, -0.2) is 4.68 Å². The molecule has 11 heteroatoms. The molecule has 4 bridgehead atoms. The molecule has 37 heavy (non-hydrogen) atoms. The summed E-state index contributed by atoms with van der Waals surface area (Å²) in [6.07, 6.45) is 4.38. The summed E-state index contributed by atoms with van der Waals surface area (Å²) >= 11 is 1.57. The van der Waals surface area contributed by atoms with Gasteiger partial charge in [-0.1, -0.05) is 41.6 Å². The Kier molecular flexibility index (Phi) is 9.14. The van der Waals surface area contributed by atoms with Gasteiger partial charge in [0.15, 0.2) is 0 Å². The van der Waals surface area contributed by atoms with Gasteiger partial charge in [-0.15, -0.1) is 5.10 Å². The molecule has 2 heterocycles. The van der Waals surface area contributed by atoms with E-state index in [1.807, 2.05) is 36.6 Å². The van der Waals surface area contributed by atoms with Crippen molar-refractivity contribution in [1.29, 1.82) is 0 Å². The number of hydrogen-bond acceptors (Lipinski definition) is 7. The molecular formula is C26H30N6O4S. The average Bonchev–Trinajstić information content (AvgIpc) is 3.37. The molecule has 0 saturated heterocycles. The van der Waals surface area contributed by atoms with Crippen LogP contribution in [0.25, 0.3) is 0 Å². The number of carbonyl (C=O) groups is 3. The molecule has 3 amide bonds. The van der Waals surface area contributed by atoms with E-state index in [0.717, 1.165) is 5.56 Å². The van der Waals surface area contributed by atoms with Gasteiger partial charge < -0.3 is 20.7 Å². The molecule has 3 aromatic rings. The van der Waals surface area contributed by atoms with Crippen molar-refractivity contribution in [3.05, 3.63) is 77.6 Å². The van der Waals surface area contributed by atoms with Crippen LogP contribution in [0.1, 0.15) is 28.0 Å². The molecule has 0 saturated carbocycles. The number of nitrogens with zero attached hydrogens (tertiary/aromatic N) is 3. The Labute approximate surface area is 219 Å². The van der Waals surface area contributed by atoms with Crippen molar-refractivity contribution in [2.45, 2.75) is 38.0 Å². The SMILES string of the molecule is CSCC[C@H]1NC(=O)c2cccc(c2)OCCn2cc(nn2)CNC(=O)[C@H](Cc2ccccc2)NC1=O. The summed E-state index contributed by atoms with van der Waals surface area (Å²) in [5.74, 6) is 0.0382. The zero-order chi connectivity index (χ0) is 26.0. The van der Waals surface area contributed by atoms with Crippen molar-refractivity contribution in [2.75, 3.05) is 18.6 Å². The lowest BCUT2D eigenvalue weighted by Gasteiger charge is -2.23. The van der Waals surface area contributed by atoms with E-state index in [-0.39, 0.29) is 12.5 Å². The second-order valence-electron chi connectivity index (χ2n) is 8.63. The second-order valence-corrected chi connectivity index (χ2v) is 9.61. The summed E-state index contributed by atoms with van der Waals surface area (Å²) in [6, 6.07) is 14.6. The molecule has 2 aromatic carbocycles. The number of aromatic nitrogens is 3. The standard InChI is InChI=1S/C26H30N6O4S/c1-37-13-10-22-26(35)29-23(14-18-6-3-2-4-7-18)25(34)27-16-20-17-32(31-30-20)11-12-36-21-9-5-8-19(15-21)24(33)28-22/h2-9,15,17,22-23H,10-14,16H2,1H3,(H,27,34)(H,28,33)(H,29,35)/t22-,23+/m1/s1. The molecule has 194 valence electrons. The Hall–Kier alpha value is -3.86. The van der Waals surface area contributed by atoms with E-state index in [1.54, 1.807) is 46.9 Å². The third kappa shape index (κ3) is 7.56. The van der Waals surface area contributed by atoms with Gasteiger partial charge in [0.25, 0.3) is 5.91 Å². The maximum atomic E-state index is 13.4. The van der Waals surface area contributed by atoms with Crippen LogP contribution in [0.5, 0.6) is 5.75 Å². The predicted octanol–water partition coefficient (Wildman–Crippen LogP) is 1.57. The number of carbonyl (C=O) groups excluding carboxylic acids is 3. The number of nitrogens with one attached hydrogen (secondary N) is 3. The second kappa shape index (κ2) is 12.9. The van der Waals surface area contributed by atoms with Crippen molar-refractivity contribution < 1.29 is 19.1 Å². The summed E-state index contributed by atoms with van der Waals surface area (Å²) in [5.41, 5.74) is 1.87. The summed E-state index contributed by atoms with van der Waals surface area (Å²) in [4.78, 5) is 39.6. The highest BCUT2D eigenvalue weighted by atomic mass is 32.2. The van der Waals surface area contributed by atoms with Crippen LogP contribution in [0.2, 0.25) is 0 Å². The number of thioether (sulfide) groups is 1. The lowest BCUT2D eigenvalue weighted by atomic mass is 10.0. The Bertz CT molecular complexity index is 1220. The lowest BCUT2D eigenvalue weighted by molar-refractivity contribution is -0.130. The van der Waals surface area contributed by atoms with Gasteiger partial charge in [0, 0.05) is 12.0 Å². The fraction of sp³-hybridized carbons (Fsp3) is 0.346. The average molecular weight is 523 g/mol. The van der Waals surface area contributed by atoms with Crippen LogP contribution >= 0.6 is 11.8 Å². The smallest absolute Gasteiger partial charge is 0.252 e. The normalized spacial score (nSPS) is 19.0. The van der Waals surface area contributed by atoms with Gasteiger partial charge >= 0.3 is 0 Å². The van der Waals surface area contributed by atoms with Crippen molar-refractivity contribution in [2.24, 2.45) is 0 Å². The van der Waals surface area contributed by atoms with Gasteiger partial charge in [-0.2, -0.15) is 11.8 Å². The maximum absolute atomic E-state index is 13.4. The van der Waals surface area contributed by atoms with Crippen molar-refractivity contribution in [3.8, 4) is 5.75 Å². The van der Waals surface area contributed by atoms with Crippen molar-refractivity contribution in [3.63, 3.8) is 0 Å². The van der Waals surface area contributed by atoms with E-state index in [4.69, 9.17) is 4.74 Å². The number of fused-ring (bicyclic) bond motifs is 4. The molecule has 0 spiro atoms. The molecular weight excluding hydrogens is 492 g/mol. The van der Waals surface area contributed by atoms with Gasteiger partial charge in [0.1, 0.15) is 30.1 Å². The van der Waals surface area contributed by atoms with E-state index in [0.29, 0.717) is 48.8 Å². The molecule has 1 aliphatic rings. The molecule has 0 fully saturated rings. The van der Waals surface area contributed by atoms with E-state index >= 15 is 0 Å². The van der Waals surface area contributed by atoms with Crippen LogP contribution in [0.15, 0.2) is 60.8 Å². The topological polar surface area (TPSA) is 127 Å². The van der Waals surface area contributed by atoms with E-state index in [1.165, 1.54) is 0 Å². The first-order chi connectivity index (χ1) is 18.0. The van der Waals surface area contributed by atoms with Crippen LogP contribution in [-0.2, 0) is 29.1 Å². The highest BCUT2D eigenvalue weighted by Gasteiger charge is 2.27. The molecule has 4 rings (SSSR count). The minimum atomic E-state index is -0.839. The summed E-state index contributed by atoms with van der Waals surface area (Å²) in [5, 5.41) is 16.7. The van der Waals surface area contributed by atoms with E-state index < -0.39 is 23.9 Å². The minimum absolute atomic E-state index is 0.162. The first kappa shape index (κ1) is 26.2. The fourth-order valence-corrected chi connectivity index (χ4v) is 4.36. The van der Waals surface area contributed by atoms with Crippen LogP contribution < -0.4 is 20.7 Å². The van der Waals surface area contributed by atoms with E-state index in [9.17, 15) is 14.4 Å². The number of amides is 3. The van der Waals surface area contributed by atoms with E-state index in [2.05, 4.69) is 26.3 Å². The molecule has 1 aromatic heterocycles. The number of benzene rings is 2. The molecule has 0 radical (unpaired) electrons. The van der Waals surface area contributed by atoms with Crippen LogP contribution in [0.3, 0.4) is 0 Å². The zero-order valence-corrected chi connectivity index (χ0v) is 21.4. The van der Waals surface area contributed by atoms with Crippen molar-refractivity contribution >= 4 is 29.5 Å². The quantitative estimate of drug-likeness (QED) is 0.464. The molecule has 10 nitrogen and oxygen atoms in total. The molecule has 2 atom stereocenters. The maximum Gasteiger partial charge on any atom is 0.252 e. The largest absolute Gasteiger partial charge is 0.492 e. The van der Waals surface area contributed by atoms with Gasteiger partial charge in [0.2, 0.25) is 11.8 Å². The zero-order valence-electron chi connectivity index (χ0n) is 20.6. The molecule has 0 unspecified atom stereocenters. The predicted molar refractivity (Wildman–Crippen MR) is 140 cm³/mol. The Morgan fingerprint density at radius 3 is 2.68 bits per heavy atom. The highest BCUT2D eigenvalue weighted by Crippen LogP contribution is 2.15. The minimum Gasteiger partial charge on any atom is -0.492 e. The first-order valence-corrected chi connectivity index (χ1v) is 13.4. The third-order valence-corrected chi connectivity index (χ3v) is 6.51. The lowest BCUT2D eigenvalue weighted by Crippen LogP contribution is -2.54. The van der Waals surface area contributed by atoms with Crippen LogP contribution in [-0.4, -0.2) is 63.4 Å². The summed E-state index contributed by atoms with van der Waals surface area (Å²) in [7, 11) is 0. The first-order valence-electron chi connectivity index (χ1n) is 12.1. The summed E-state index contributed by atoms with van der Waals surface area (Å²) < 4.78 is 7.41. The number of hydrogen-bond donors (Lipinski definition) is 3. The van der Waals surface area contributed by atoms with Crippen LogP contribution in [0, 0.1) is 0 Å². The Morgan fingerprint density at radius 1 is 1.03 bits per heavy atom. The number of rotatable bonds is 5. The summed E-state index contributed by atoms with van der Waals surface area (Å²) in [6.45, 7) is 0.925.